The Balaban J connectivity index is 2.05. The summed E-state index contributed by atoms with van der Waals surface area (Å²) in [6.45, 7) is 6.20. The van der Waals surface area contributed by atoms with Crippen LogP contribution in [-0.4, -0.2) is 9.97 Å². The second-order valence-electron chi connectivity index (χ2n) is 5.66. The first kappa shape index (κ1) is 14.9. The maximum Gasteiger partial charge on any atom is 0.129 e. The lowest BCUT2D eigenvalue weighted by atomic mass is 10.0. The van der Waals surface area contributed by atoms with Crippen LogP contribution in [0.15, 0.2) is 48.6 Å². The fourth-order valence-electron chi connectivity index (χ4n) is 2.74. The minimum Gasteiger partial charge on any atom is -0.340 e. The number of hydrogen-bond acceptors (Lipinski definition) is 1. The number of aromatic nitrogens is 2. The van der Waals surface area contributed by atoms with Gasteiger partial charge in [-0.25, -0.2) is 4.98 Å². The number of nitrogens with one attached hydrogen (secondary N) is 1. The lowest BCUT2D eigenvalue weighted by Gasteiger charge is -2.05. The number of aryl methyl sites for hydroxylation is 2. The van der Waals surface area contributed by atoms with Crippen LogP contribution >= 0.6 is 11.6 Å². The van der Waals surface area contributed by atoms with E-state index < -0.39 is 0 Å². The quantitative estimate of drug-likeness (QED) is 0.487. The Hall–Kier alpha value is -2.06. The number of fused-ring (bicyclic) bond motifs is 1. The monoisotopic (exact) mass is 310 g/mol. The highest BCUT2D eigenvalue weighted by Crippen LogP contribution is 2.27. The summed E-state index contributed by atoms with van der Waals surface area (Å²) < 4.78 is 0. The molecule has 0 spiro atoms. The summed E-state index contributed by atoms with van der Waals surface area (Å²) >= 11 is 6.30. The molecule has 0 amide bonds. The number of allylic oxidation sites excluding steroid dienone is 2. The van der Waals surface area contributed by atoms with Crippen LogP contribution < -0.4 is 0 Å². The van der Waals surface area contributed by atoms with Crippen molar-refractivity contribution >= 4 is 22.6 Å². The van der Waals surface area contributed by atoms with E-state index in [9.17, 15) is 0 Å². The van der Waals surface area contributed by atoms with Crippen LogP contribution in [0, 0.1) is 13.8 Å². The number of imidazole rings is 1. The number of benzene rings is 2. The number of alkyl halides is 1. The van der Waals surface area contributed by atoms with E-state index in [2.05, 4.69) is 54.1 Å². The molecule has 1 unspecified atom stereocenters. The van der Waals surface area contributed by atoms with E-state index >= 15 is 0 Å². The molecule has 0 aliphatic heterocycles. The lowest BCUT2D eigenvalue weighted by Crippen LogP contribution is -1.87. The molecule has 3 heteroatoms. The number of aromatic amines is 1. The van der Waals surface area contributed by atoms with Gasteiger partial charge in [0.25, 0.3) is 0 Å². The van der Waals surface area contributed by atoms with Gasteiger partial charge in [-0.2, -0.15) is 0 Å². The van der Waals surface area contributed by atoms with Crippen LogP contribution in [-0.2, 0) is 0 Å². The molecule has 0 fully saturated rings. The zero-order chi connectivity index (χ0) is 15.7. The molecule has 1 atom stereocenters. The Morgan fingerprint density at radius 2 is 1.77 bits per heavy atom. The van der Waals surface area contributed by atoms with Crippen LogP contribution in [0.4, 0.5) is 0 Å². The summed E-state index contributed by atoms with van der Waals surface area (Å²) in [5.41, 5.74) is 6.92. The smallest absolute Gasteiger partial charge is 0.129 e. The van der Waals surface area contributed by atoms with E-state index in [1.54, 1.807) is 0 Å². The van der Waals surface area contributed by atoms with Gasteiger partial charge in [-0.15, -0.1) is 11.6 Å². The summed E-state index contributed by atoms with van der Waals surface area (Å²) in [6.07, 6.45) is 3.86. The van der Waals surface area contributed by atoms with Crippen molar-refractivity contribution < 1.29 is 0 Å². The van der Waals surface area contributed by atoms with Crippen molar-refractivity contribution in [2.75, 3.05) is 0 Å². The van der Waals surface area contributed by atoms with E-state index in [0.29, 0.717) is 0 Å². The number of rotatable bonds is 3. The maximum absolute atomic E-state index is 6.30. The number of nitrogens with zero attached hydrogens (tertiary/aromatic N) is 1. The van der Waals surface area contributed by atoms with Crippen LogP contribution in [0.25, 0.3) is 22.2 Å². The molecule has 1 heterocycles. The third-order valence-electron chi connectivity index (χ3n) is 3.68. The van der Waals surface area contributed by atoms with Crippen molar-refractivity contribution in [3.63, 3.8) is 0 Å². The zero-order valence-electron chi connectivity index (χ0n) is 13.0. The molecule has 0 bridgehead atoms. The topological polar surface area (TPSA) is 28.7 Å². The van der Waals surface area contributed by atoms with Crippen molar-refractivity contribution in [3.05, 3.63) is 65.5 Å². The van der Waals surface area contributed by atoms with Gasteiger partial charge in [0.05, 0.1) is 11.0 Å². The van der Waals surface area contributed by atoms with E-state index in [1.807, 2.05) is 25.1 Å². The first-order valence-electron chi connectivity index (χ1n) is 7.42. The summed E-state index contributed by atoms with van der Waals surface area (Å²) in [5.74, 6) is 0.785. The molecule has 0 saturated heterocycles. The summed E-state index contributed by atoms with van der Waals surface area (Å²) in [5, 5.41) is -0.220. The Morgan fingerprint density at radius 3 is 2.45 bits per heavy atom. The Labute approximate surface area is 135 Å². The Kier molecular flexibility index (Phi) is 4.04. The first-order valence-corrected chi connectivity index (χ1v) is 7.85. The molecular formula is C19H19ClN2. The van der Waals surface area contributed by atoms with Gasteiger partial charge in [0.1, 0.15) is 11.2 Å². The molecular weight excluding hydrogens is 292 g/mol. The average molecular weight is 311 g/mol. The SMILES string of the molecule is C/C=C/C(Cl)c1nc2ccc(-c3cc(C)cc(C)c3)cc2[nH]1. The van der Waals surface area contributed by atoms with Gasteiger partial charge in [-0.1, -0.05) is 47.5 Å². The van der Waals surface area contributed by atoms with Gasteiger partial charge in [0.15, 0.2) is 0 Å². The van der Waals surface area contributed by atoms with Gasteiger partial charge in [0, 0.05) is 0 Å². The predicted octanol–water partition coefficient (Wildman–Crippen LogP) is 5.70. The standard InChI is InChI=1S/C19H19ClN2/c1-4-5-16(20)19-21-17-7-6-14(11-18(17)22-19)15-9-12(2)8-13(3)10-15/h4-11,16H,1-3H3,(H,21,22)/b5-4+. The van der Waals surface area contributed by atoms with E-state index in [0.717, 1.165) is 16.9 Å². The van der Waals surface area contributed by atoms with Crippen molar-refractivity contribution in [2.24, 2.45) is 0 Å². The molecule has 0 aliphatic carbocycles. The molecule has 1 N–H and O–H groups in total. The summed E-state index contributed by atoms with van der Waals surface area (Å²) in [7, 11) is 0. The molecule has 2 aromatic carbocycles. The van der Waals surface area contributed by atoms with Gasteiger partial charge >= 0.3 is 0 Å². The highest BCUT2D eigenvalue weighted by Gasteiger charge is 2.10. The number of H-pyrrole nitrogens is 1. The molecule has 0 saturated carbocycles. The number of halogens is 1. The third kappa shape index (κ3) is 2.93. The van der Waals surface area contributed by atoms with E-state index in [1.165, 1.54) is 22.3 Å². The van der Waals surface area contributed by atoms with Crippen molar-refractivity contribution in [1.29, 1.82) is 0 Å². The molecule has 3 aromatic rings. The highest BCUT2D eigenvalue weighted by atomic mass is 35.5. The van der Waals surface area contributed by atoms with Gasteiger partial charge in [-0.3, -0.25) is 0 Å². The van der Waals surface area contributed by atoms with Crippen LogP contribution in [0.2, 0.25) is 0 Å². The van der Waals surface area contributed by atoms with Crippen LogP contribution in [0.3, 0.4) is 0 Å². The average Bonchev–Trinajstić information content (AvgIpc) is 2.89. The van der Waals surface area contributed by atoms with E-state index in [4.69, 9.17) is 11.6 Å². The van der Waals surface area contributed by atoms with Crippen molar-refractivity contribution in [1.82, 2.24) is 9.97 Å². The van der Waals surface area contributed by atoms with Gasteiger partial charge < -0.3 is 4.98 Å². The molecule has 0 aliphatic rings. The molecule has 3 rings (SSSR count). The minimum atomic E-state index is -0.220. The predicted molar refractivity (Wildman–Crippen MR) is 94.4 cm³/mol. The molecule has 0 radical (unpaired) electrons. The maximum atomic E-state index is 6.30. The second kappa shape index (κ2) is 5.98. The van der Waals surface area contributed by atoms with Crippen molar-refractivity contribution in [2.45, 2.75) is 26.1 Å². The first-order chi connectivity index (χ1) is 10.6. The molecule has 2 nitrogen and oxygen atoms in total. The largest absolute Gasteiger partial charge is 0.340 e. The molecule has 22 heavy (non-hydrogen) atoms. The van der Waals surface area contributed by atoms with Crippen molar-refractivity contribution in [3.8, 4) is 11.1 Å². The molecule has 1 aromatic heterocycles. The molecule has 112 valence electrons. The normalized spacial score (nSPS) is 13.1. The van der Waals surface area contributed by atoms with E-state index in [-0.39, 0.29) is 5.38 Å². The summed E-state index contributed by atoms with van der Waals surface area (Å²) in [6, 6.07) is 12.9. The Morgan fingerprint density at radius 1 is 1.05 bits per heavy atom. The highest BCUT2D eigenvalue weighted by molar-refractivity contribution is 6.21. The Bertz CT molecular complexity index is 826. The second-order valence-corrected chi connectivity index (χ2v) is 6.13. The minimum absolute atomic E-state index is 0.220. The van der Waals surface area contributed by atoms with Gasteiger partial charge in [0.2, 0.25) is 0 Å². The van der Waals surface area contributed by atoms with Gasteiger partial charge in [-0.05, 0) is 44.0 Å². The third-order valence-corrected chi connectivity index (χ3v) is 4.03. The summed E-state index contributed by atoms with van der Waals surface area (Å²) in [4.78, 5) is 7.89. The lowest BCUT2D eigenvalue weighted by molar-refractivity contribution is 1.04. The fraction of sp³-hybridized carbons (Fsp3) is 0.211. The zero-order valence-corrected chi connectivity index (χ0v) is 13.8. The fourth-order valence-corrected chi connectivity index (χ4v) is 2.99. The van der Waals surface area contributed by atoms with Crippen LogP contribution in [0.5, 0.6) is 0 Å². The number of hydrogen-bond donors (Lipinski definition) is 1. The van der Waals surface area contributed by atoms with Crippen LogP contribution in [0.1, 0.15) is 29.3 Å².